The molecule has 1 N–H and O–H groups in total. The standard InChI is InChI=1S/C16H19BrN4O.ClH/c1-11-15(17)12(2)21(19-11)14-5-3-13(4-6-14)16(22)20-9-7-18-8-10-20;/h3-6,18H,7-10H2,1-2H3;1H. The van der Waals surface area contributed by atoms with Gasteiger partial charge < -0.3 is 10.2 Å². The normalized spacial score (nSPS) is 14.5. The molecule has 0 atom stereocenters. The van der Waals surface area contributed by atoms with E-state index >= 15 is 0 Å². The predicted molar refractivity (Wildman–Crippen MR) is 96.8 cm³/mol. The molecule has 0 saturated carbocycles. The van der Waals surface area contributed by atoms with Gasteiger partial charge in [-0.15, -0.1) is 12.4 Å². The first kappa shape index (κ1) is 18.0. The number of nitrogens with zero attached hydrogens (tertiary/aromatic N) is 3. The maximum Gasteiger partial charge on any atom is 0.253 e. The van der Waals surface area contributed by atoms with Gasteiger partial charge in [0, 0.05) is 31.7 Å². The van der Waals surface area contributed by atoms with Crippen molar-refractivity contribution in [1.29, 1.82) is 0 Å². The lowest BCUT2D eigenvalue weighted by Crippen LogP contribution is -2.46. The first-order valence-corrected chi connectivity index (χ1v) is 8.19. The number of piperazine rings is 1. The number of rotatable bonds is 2. The largest absolute Gasteiger partial charge is 0.336 e. The van der Waals surface area contributed by atoms with E-state index in [2.05, 4.69) is 26.3 Å². The zero-order valence-corrected chi connectivity index (χ0v) is 15.6. The molecule has 1 amide bonds. The Morgan fingerprint density at radius 2 is 1.78 bits per heavy atom. The first-order chi connectivity index (χ1) is 10.6. The first-order valence-electron chi connectivity index (χ1n) is 7.40. The van der Waals surface area contributed by atoms with Gasteiger partial charge in [-0.3, -0.25) is 4.79 Å². The van der Waals surface area contributed by atoms with Crippen LogP contribution >= 0.6 is 28.3 Å². The van der Waals surface area contributed by atoms with Crippen molar-refractivity contribution in [2.45, 2.75) is 13.8 Å². The number of hydrogen-bond donors (Lipinski definition) is 1. The van der Waals surface area contributed by atoms with Crippen molar-refractivity contribution in [3.05, 3.63) is 45.7 Å². The Kier molecular flexibility index (Phi) is 5.84. The van der Waals surface area contributed by atoms with Gasteiger partial charge in [0.1, 0.15) is 0 Å². The molecule has 1 fully saturated rings. The molecule has 0 unspecified atom stereocenters. The van der Waals surface area contributed by atoms with Crippen molar-refractivity contribution in [3.8, 4) is 5.69 Å². The van der Waals surface area contributed by atoms with Crippen molar-refractivity contribution in [2.75, 3.05) is 26.2 Å². The Morgan fingerprint density at radius 1 is 1.17 bits per heavy atom. The lowest BCUT2D eigenvalue weighted by atomic mass is 10.1. The average molecular weight is 400 g/mol. The summed E-state index contributed by atoms with van der Waals surface area (Å²) in [6, 6.07) is 7.65. The minimum atomic E-state index is 0. The van der Waals surface area contributed by atoms with E-state index in [1.807, 2.05) is 47.7 Å². The van der Waals surface area contributed by atoms with Crippen LogP contribution in [0.3, 0.4) is 0 Å². The van der Waals surface area contributed by atoms with Crippen molar-refractivity contribution >= 4 is 34.2 Å². The molecule has 0 bridgehead atoms. The lowest BCUT2D eigenvalue weighted by Gasteiger charge is -2.27. The van der Waals surface area contributed by atoms with Crippen molar-refractivity contribution < 1.29 is 4.79 Å². The quantitative estimate of drug-likeness (QED) is 0.845. The van der Waals surface area contributed by atoms with Crippen molar-refractivity contribution in [3.63, 3.8) is 0 Å². The Balaban J connectivity index is 0.00000192. The second-order valence-corrected chi connectivity index (χ2v) is 6.28. The molecule has 0 aliphatic carbocycles. The number of amides is 1. The van der Waals surface area contributed by atoms with Crippen LogP contribution in [-0.4, -0.2) is 46.8 Å². The summed E-state index contributed by atoms with van der Waals surface area (Å²) in [5.41, 5.74) is 3.70. The summed E-state index contributed by atoms with van der Waals surface area (Å²) in [5.74, 6) is 0.0996. The van der Waals surface area contributed by atoms with Crippen LogP contribution in [0.4, 0.5) is 0 Å². The number of nitrogens with one attached hydrogen (secondary N) is 1. The average Bonchev–Trinajstić information content (AvgIpc) is 2.83. The molecule has 0 radical (unpaired) electrons. The van der Waals surface area contributed by atoms with Gasteiger partial charge in [0.2, 0.25) is 0 Å². The van der Waals surface area contributed by atoms with E-state index < -0.39 is 0 Å². The summed E-state index contributed by atoms with van der Waals surface area (Å²) in [6.45, 7) is 7.25. The van der Waals surface area contributed by atoms with Crippen LogP contribution in [0.25, 0.3) is 5.69 Å². The minimum absolute atomic E-state index is 0. The molecular weight excluding hydrogens is 380 g/mol. The summed E-state index contributed by atoms with van der Waals surface area (Å²) in [4.78, 5) is 14.3. The molecule has 1 aromatic carbocycles. The molecule has 1 saturated heterocycles. The zero-order valence-electron chi connectivity index (χ0n) is 13.2. The third-order valence-electron chi connectivity index (χ3n) is 3.97. The molecule has 1 aliphatic heterocycles. The highest BCUT2D eigenvalue weighted by atomic mass is 79.9. The van der Waals surface area contributed by atoms with E-state index in [0.29, 0.717) is 0 Å². The fourth-order valence-electron chi connectivity index (χ4n) is 2.67. The summed E-state index contributed by atoms with van der Waals surface area (Å²) >= 11 is 3.54. The van der Waals surface area contributed by atoms with Crippen molar-refractivity contribution in [2.24, 2.45) is 0 Å². The summed E-state index contributed by atoms with van der Waals surface area (Å²) in [5, 5.41) is 7.77. The molecule has 0 spiro atoms. The number of hydrogen-bond acceptors (Lipinski definition) is 3. The van der Waals surface area contributed by atoms with Gasteiger partial charge in [-0.05, 0) is 54.0 Å². The Morgan fingerprint density at radius 3 is 2.30 bits per heavy atom. The van der Waals surface area contributed by atoms with Crippen LogP contribution in [0.5, 0.6) is 0 Å². The number of carbonyl (C=O) groups excluding carboxylic acids is 1. The predicted octanol–water partition coefficient (Wildman–Crippen LogP) is 2.72. The molecule has 1 aromatic heterocycles. The summed E-state index contributed by atoms with van der Waals surface area (Å²) in [7, 11) is 0. The lowest BCUT2D eigenvalue weighted by molar-refractivity contribution is 0.0736. The molecule has 124 valence electrons. The third-order valence-corrected chi connectivity index (χ3v) is 5.11. The van der Waals surface area contributed by atoms with E-state index in [4.69, 9.17) is 0 Å². The third kappa shape index (κ3) is 3.59. The minimum Gasteiger partial charge on any atom is -0.336 e. The molecule has 2 aromatic rings. The second-order valence-electron chi connectivity index (χ2n) is 5.49. The van der Waals surface area contributed by atoms with Gasteiger partial charge in [-0.25, -0.2) is 4.68 Å². The van der Waals surface area contributed by atoms with E-state index in [1.54, 1.807) is 0 Å². The number of benzene rings is 1. The Labute approximate surface area is 150 Å². The second kappa shape index (κ2) is 7.47. The van der Waals surface area contributed by atoms with Crippen LogP contribution in [0.15, 0.2) is 28.7 Å². The molecule has 3 rings (SSSR count). The SMILES string of the molecule is Cc1nn(-c2ccc(C(=O)N3CCNCC3)cc2)c(C)c1Br.Cl. The van der Waals surface area contributed by atoms with E-state index in [1.165, 1.54) is 0 Å². The monoisotopic (exact) mass is 398 g/mol. The van der Waals surface area contributed by atoms with Gasteiger partial charge >= 0.3 is 0 Å². The molecular formula is C16H20BrClN4O. The highest BCUT2D eigenvalue weighted by molar-refractivity contribution is 9.10. The highest BCUT2D eigenvalue weighted by Gasteiger charge is 2.18. The molecule has 1 aliphatic rings. The van der Waals surface area contributed by atoms with Gasteiger partial charge in [0.05, 0.1) is 21.5 Å². The van der Waals surface area contributed by atoms with Crippen LogP contribution in [0, 0.1) is 13.8 Å². The van der Waals surface area contributed by atoms with Crippen molar-refractivity contribution in [1.82, 2.24) is 20.0 Å². The molecule has 2 heterocycles. The fourth-order valence-corrected chi connectivity index (χ4v) is 2.92. The Bertz CT molecular complexity index is 693. The van der Waals surface area contributed by atoms with E-state index in [9.17, 15) is 4.79 Å². The molecule has 5 nitrogen and oxygen atoms in total. The van der Waals surface area contributed by atoms with Crippen LogP contribution < -0.4 is 5.32 Å². The number of aryl methyl sites for hydroxylation is 1. The topological polar surface area (TPSA) is 50.2 Å². The zero-order chi connectivity index (χ0) is 15.7. The molecule has 7 heteroatoms. The maximum absolute atomic E-state index is 12.4. The highest BCUT2D eigenvalue weighted by Crippen LogP contribution is 2.23. The maximum atomic E-state index is 12.4. The van der Waals surface area contributed by atoms with Gasteiger partial charge in [-0.1, -0.05) is 0 Å². The smallest absolute Gasteiger partial charge is 0.253 e. The van der Waals surface area contributed by atoms with Crippen LogP contribution in [0.2, 0.25) is 0 Å². The van der Waals surface area contributed by atoms with Gasteiger partial charge in [-0.2, -0.15) is 5.10 Å². The fraction of sp³-hybridized carbons (Fsp3) is 0.375. The summed E-state index contributed by atoms with van der Waals surface area (Å²) < 4.78 is 2.91. The summed E-state index contributed by atoms with van der Waals surface area (Å²) in [6.07, 6.45) is 0. The van der Waals surface area contributed by atoms with Gasteiger partial charge in [0.25, 0.3) is 5.91 Å². The van der Waals surface area contributed by atoms with E-state index in [0.717, 1.165) is 53.3 Å². The van der Waals surface area contributed by atoms with E-state index in [-0.39, 0.29) is 18.3 Å². The number of halogens is 2. The molecule has 23 heavy (non-hydrogen) atoms. The van der Waals surface area contributed by atoms with Crippen LogP contribution in [0.1, 0.15) is 21.7 Å². The Hall–Kier alpha value is -1.37. The van der Waals surface area contributed by atoms with Crippen LogP contribution in [-0.2, 0) is 0 Å². The number of carbonyl (C=O) groups is 1. The van der Waals surface area contributed by atoms with Gasteiger partial charge in [0.15, 0.2) is 0 Å². The number of aromatic nitrogens is 2.